The molecule has 11 heavy (non-hydrogen) atoms. The van der Waals surface area contributed by atoms with E-state index in [4.69, 9.17) is 22.2 Å². The van der Waals surface area contributed by atoms with Gasteiger partial charge in [-0.15, -0.1) is 22.2 Å². The van der Waals surface area contributed by atoms with Gasteiger partial charge in [0.1, 0.15) is 0 Å². The minimum atomic E-state index is -1.65. The molecule has 0 fully saturated rings. The Labute approximate surface area is 77.5 Å². The maximum absolute atomic E-state index is 5.78. The van der Waals surface area contributed by atoms with Crippen molar-refractivity contribution in [3.63, 3.8) is 0 Å². The first-order chi connectivity index (χ1) is 5.24. The third-order valence-electron chi connectivity index (χ3n) is 1.42. The number of rotatable bonds is 2. The van der Waals surface area contributed by atoms with Crippen LogP contribution in [0.25, 0.3) is 6.08 Å². The zero-order valence-corrected chi connectivity index (χ0v) is 8.59. The first kappa shape index (κ1) is 8.85. The Hall–Kier alpha value is -0.243. The van der Waals surface area contributed by atoms with Gasteiger partial charge in [0.25, 0.3) is 7.42 Å². The van der Waals surface area contributed by atoms with Gasteiger partial charge < -0.3 is 0 Å². The van der Waals surface area contributed by atoms with Gasteiger partial charge in [0.15, 0.2) is 0 Å². The van der Waals surface area contributed by atoms with E-state index >= 15 is 0 Å². The highest BCUT2D eigenvalue weighted by atomic mass is 35.7. The fraction of sp³-hybridized carbons (Fsp3) is 0. The maximum atomic E-state index is 5.78. The van der Waals surface area contributed by atoms with Gasteiger partial charge in [-0.05, 0) is 10.8 Å². The van der Waals surface area contributed by atoms with E-state index in [1.807, 2.05) is 24.3 Å². The van der Waals surface area contributed by atoms with Gasteiger partial charge >= 0.3 is 0 Å². The van der Waals surface area contributed by atoms with Crippen LogP contribution in [-0.4, -0.2) is 7.42 Å². The molecule has 1 rings (SSSR count). The molecule has 58 valence electrons. The highest BCUT2D eigenvalue weighted by Crippen LogP contribution is 2.02. The van der Waals surface area contributed by atoms with Gasteiger partial charge in [0, 0.05) is 0 Å². The van der Waals surface area contributed by atoms with E-state index < -0.39 is 7.42 Å². The lowest BCUT2D eigenvalue weighted by Crippen LogP contribution is -2.16. The maximum Gasteiger partial charge on any atom is 0.266 e. The van der Waals surface area contributed by atoms with E-state index in [-0.39, 0.29) is 0 Å². The second-order valence-corrected chi connectivity index (χ2v) is 6.73. The molecule has 0 aromatic heterocycles. The van der Waals surface area contributed by atoms with Crippen LogP contribution in [0.3, 0.4) is 0 Å². The summed E-state index contributed by atoms with van der Waals surface area (Å²) in [4.78, 5) is 0. The van der Waals surface area contributed by atoms with E-state index in [1.54, 1.807) is 6.08 Å². The summed E-state index contributed by atoms with van der Waals surface area (Å²) >= 11 is 11.6. The number of benzene rings is 1. The molecular weight excluding hydrogens is 195 g/mol. The summed E-state index contributed by atoms with van der Waals surface area (Å²) in [6.07, 6.45) is 1.79. The van der Waals surface area contributed by atoms with Crippen LogP contribution in [0, 0.1) is 0 Å². The second-order valence-electron chi connectivity index (χ2n) is 2.17. The van der Waals surface area contributed by atoms with Crippen LogP contribution in [-0.2, 0) is 0 Å². The van der Waals surface area contributed by atoms with Crippen LogP contribution >= 0.6 is 22.2 Å². The Kier molecular flexibility index (Phi) is 3.18. The van der Waals surface area contributed by atoms with Gasteiger partial charge in [0.2, 0.25) is 0 Å². The van der Waals surface area contributed by atoms with Crippen molar-refractivity contribution in [1.29, 1.82) is 0 Å². The molecule has 0 aliphatic rings. The van der Waals surface area contributed by atoms with Crippen LogP contribution in [0.1, 0.15) is 5.56 Å². The fourth-order valence-electron chi connectivity index (χ4n) is 0.778. The van der Waals surface area contributed by atoms with E-state index in [0.717, 1.165) is 10.8 Å². The van der Waals surface area contributed by atoms with Crippen molar-refractivity contribution in [2.45, 2.75) is 0 Å². The Morgan fingerprint density at radius 1 is 1.18 bits per heavy atom. The van der Waals surface area contributed by atoms with Crippen LogP contribution in [0.4, 0.5) is 0 Å². The summed E-state index contributed by atoms with van der Waals surface area (Å²) in [6, 6.07) is 7.84. The van der Waals surface area contributed by atoms with Crippen LogP contribution < -0.4 is 5.19 Å². The van der Waals surface area contributed by atoms with Gasteiger partial charge in [-0.25, -0.2) is 0 Å². The molecule has 0 saturated carbocycles. The minimum absolute atomic E-state index is 1.05. The van der Waals surface area contributed by atoms with Crippen molar-refractivity contribution < 1.29 is 0 Å². The monoisotopic (exact) mass is 202 g/mol. The molecule has 0 aliphatic carbocycles. The molecular formula is C8H8Cl2Si. The highest BCUT2D eigenvalue weighted by Gasteiger charge is 2.03. The Morgan fingerprint density at radius 2 is 1.73 bits per heavy atom. The smallest absolute Gasteiger partial charge is 0.144 e. The summed E-state index contributed by atoms with van der Waals surface area (Å²) in [5.74, 6) is 0. The molecule has 0 N–H and O–H groups in total. The largest absolute Gasteiger partial charge is 0.266 e. The standard InChI is InChI=1S/C8H8Cl2Si/c1-2-7-3-5-8(6-4-7)11(9)10/h2-6,11H,1H2. The first-order valence-corrected chi connectivity index (χ1v) is 7.31. The molecule has 1 aromatic carbocycles. The lowest BCUT2D eigenvalue weighted by atomic mass is 10.2. The average Bonchev–Trinajstić information content (AvgIpc) is 2.05. The number of hydrogen-bond donors (Lipinski definition) is 0. The normalized spacial score (nSPS) is 10.1. The molecule has 0 amide bonds. The van der Waals surface area contributed by atoms with Crippen molar-refractivity contribution >= 4 is 40.8 Å². The molecule has 0 spiro atoms. The van der Waals surface area contributed by atoms with Crippen molar-refractivity contribution in [1.82, 2.24) is 0 Å². The molecule has 1 aromatic rings. The molecule has 0 saturated heterocycles. The van der Waals surface area contributed by atoms with Crippen LogP contribution in [0.5, 0.6) is 0 Å². The van der Waals surface area contributed by atoms with Crippen molar-refractivity contribution in [3.05, 3.63) is 36.4 Å². The lowest BCUT2D eigenvalue weighted by molar-refractivity contribution is 1.71. The van der Waals surface area contributed by atoms with Gasteiger partial charge in [-0.1, -0.05) is 36.9 Å². The van der Waals surface area contributed by atoms with Gasteiger partial charge in [0.05, 0.1) is 0 Å². The number of hydrogen-bond acceptors (Lipinski definition) is 0. The first-order valence-electron chi connectivity index (χ1n) is 3.24. The quantitative estimate of drug-likeness (QED) is 0.510. The zero-order chi connectivity index (χ0) is 8.27. The second kappa shape index (κ2) is 3.95. The molecule has 0 radical (unpaired) electrons. The molecule has 0 unspecified atom stereocenters. The van der Waals surface area contributed by atoms with Crippen molar-refractivity contribution in [2.75, 3.05) is 0 Å². The molecule has 0 heterocycles. The molecule has 0 atom stereocenters. The highest BCUT2D eigenvalue weighted by molar-refractivity contribution is 7.39. The summed E-state index contributed by atoms with van der Waals surface area (Å²) in [5, 5.41) is 1.05. The predicted octanol–water partition coefficient (Wildman–Crippen LogP) is 2.23. The van der Waals surface area contributed by atoms with E-state index in [1.165, 1.54) is 0 Å². The van der Waals surface area contributed by atoms with Gasteiger partial charge in [-0.3, -0.25) is 0 Å². The predicted molar refractivity (Wildman–Crippen MR) is 55.0 cm³/mol. The number of halogens is 2. The Balaban J connectivity index is 2.91. The fourth-order valence-corrected chi connectivity index (χ4v) is 2.13. The Morgan fingerprint density at radius 3 is 2.09 bits per heavy atom. The van der Waals surface area contributed by atoms with E-state index in [2.05, 4.69) is 6.58 Å². The summed E-state index contributed by atoms with van der Waals surface area (Å²) in [7, 11) is -1.65. The van der Waals surface area contributed by atoms with Crippen molar-refractivity contribution in [2.24, 2.45) is 0 Å². The summed E-state index contributed by atoms with van der Waals surface area (Å²) in [6.45, 7) is 3.65. The minimum Gasteiger partial charge on any atom is -0.144 e. The topological polar surface area (TPSA) is 0 Å². The van der Waals surface area contributed by atoms with E-state index in [0.29, 0.717) is 0 Å². The van der Waals surface area contributed by atoms with Crippen LogP contribution in [0.15, 0.2) is 30.8 Å². The summed E-state index contributed by atoms with van der Waals surface area (Å²) in [5.41, 5.74) is 1.09. The molecule has 0 aliphatic heterocycles. The summed E-state index contributed by atoms with van der Waals surface area (Å²) < 4.78 is 0. The molecule has 0 bridgehead atoms. The third-order valence-corrected chi connectivity index (χ3v) is 3.82. The third kappa shape index (κ3) is 2.36. The Bertz CT molecular complexity index is 241. The van der Waals surface area contributed by atoms with E-state index in [9.17, 15) is 0 Å². The lowest BCUT2D eigenvalue weighted by Gasteiger charge is -1.98. The van der Waals surface area contributed by atoms with Gasteiger partial charge in [-0.2, -0.15) is 0 Å². The zero-order valence-electron chi connectivity index (χ0n) is 5.93. The molecule has 3 heteroatoms. The SMILES string of the molecule is C=Cc1ccc([SiH](Cl)Cl)cc1. The van der Waals surface area contributed by atoms with Crippen molar-refractivity contribution in [3.8, 4) is 0 Å². The van der Waals surface area contributed by atoms with Crippen LogP contribution in [0.2, 0.25) is 0 Å². The average molecular weight is 203 g/mol. The molecule has 0 nitrogen and oxygen atoms in total.